The number of hydrogen-bond donors (Lipinski definition) is 1. The van der Waals surface area contributed by atoms with E-state index >= 15 is 0 Å². The summed E-state index contributed by atoms with van der Waals surface area (Å²) in [6.45, 7) is 7.39. The molecule has 0 aromatic heterocycles. The molecule has 1 rings (SSSR count). The van der Waals surface area contributed by atoms with Crippen molar-refractivity contribution in [2.45, 2.75) is 33.3 Å². The predicted octanol–water partition coefficient (Wildman–Crippen LogP) is 0.938. The first-order chi connectivity index (χ1) is 5.50. The molecule has 1 heterocycles. The van der Waals surface area contributed by atoms with E-state index < -0.39 is 0 Å². The van der Waals surface area contributed by atoms with Gasteiger partial charge in [0.2, 0.25) is 0 Å². The Morgan fingerprint density at radius 3 is 2.58 bits per heavy atom. The highest BCUT2D eigenvalue weighted by Gasteiger charge is 2.27. The lowest BCUT2D eigenvalue weighted by atomic mass is 9.97. The number of carbonyl (C=O) groups excluding carboxylic acids is 1. The van der Waals surface area contributed by atoms with Crippen LogP contribution < -0.4 is 5.32 Å². The second-order valence-electron chi connectivity index (χ2n) is 4.27. The number of hydrogen-bond acceptors (Lipinski definition) is 3. The number of nitrogens with one attached hydrogen (secondary N) is 1. The zero-order chi connectivity index (χ0) is 9.19. The maximum absolute atomic E-state index is 11.4. The van der Waals surface area contributed by atoms with Crippen LogP contribution in [0.5, 0.6) is 0 Å². The van der Waals surface area contributed by atoms with E-state index in [1.54, 1.807) is 0 Å². The van der Waals surface area contributed by atoms with Crippen molar-refractivity contribution in [3.8, 4) is 0 Å². The summed E-state index contributed by atoms with van der Waals surface area (Å²) in [4.78, 5) is 11.4. The predicted molar refractivity (Wildman–Crippen MR) is 46.8 cm³/mol. The van der Waals surface area contributed by atoms with Crippen molar-refractivity contribution in [2.24, 2.45) is 5.41 Å². The smallest absolute Gasteiger partial charge is 0.311 e. The Balaban J connectivity index is 2.35. The average molecular weight is 171 g/mol. The zero-order valence-corrected chi connectivity index (χ0v) is 8.02. The molecule has 0 aromatic carbocycles. The van der Waals surface area contributed by atoms with Crippen LogP contribution in [0.3, 0.4) is 0 Å². The van der Waals surface area contributed by atoms with Crippen LogP contribution in [0.2, 0.25) is 0 Å². The van der Waals surface area contributed by atoms with Crippen molar-refractivity contribution >= 4 is 5.97 Å². The monoisotopic (exact) mass is 171 g/mol. The second kappa shape index (κ2) is 3.44. The third-order valence-electron chi connectivity index (χ3n) is 1.90. The maximum Gasteiger partial charge on any atom is 0.311 e. The summed E-state index contributed by atoms with van der Waals surface area (Å²) in [5.74, 6) is -0.101. The minimum atomic E-state index is -0.372. The van der Waals surface area contributed by atoms with Gasteiger partial charge in [-0.1, -0.05) is 0 Å². The third kappa shape index (κ3) is 2.48. The average Bonchev–Trinajstić information content (AvgIpc) is 2.37. The molecule has 0 amide bonds. The number of rotatable bonds is 1. The molecule has 1 aliphatic heterocycles. The van der Waals surface area contributed by atoms with Gasteiger partial charge in [-0.2, -0.15) is 0 Å². The lowest BCUT2D eigenvalue weighted by Crippen LogP contribution is -2.29. The van der Waals surface area contributed by atoms with E-state index in [2.05, 4.69) is 5.32 Å². The van der Waals surface area contributed by atoms with Gasteiger partial charge in [0.05, 0.1) is 5.41 Å². The molecule has 1 N–H and O–H groups in total. The number of carbonyl (C=O) groups is 1. The molecule has 70 valence electrons. The Morgan fingerprint density at radius 1 is 1.50 bits per heavy atom. The molecule has 3 heteroatoms. The van der Waals surface area contributed by atoms with Crippen LogP contribution in [0.4, 0.5) is 0 Å². The molecular weight excluding hydrogens is 154 g/mol. The first kappa shape index (κ1) is 9.52. The first-order valence-corrected chi connectivity index (χ1v) is 4.42. The molecule has 1 fully saturated rings. The van der Waals surface area contributed by atoms with Gasteiger partial charge in [-0.15, -0.1) is 0 Å². The number of esters is 1. The highest BCUT2D eigenvalue weighted by atomic mass is 16.5. The Kier molecular flexibility index (Phi) is 2.73. The minimum absolute atomic E-state index is 0.0942. The van der Waals surface area contributed by atoms with E-state index in [4.69, 9.17) is 4.74 Å². The van der Waals surface area contributed by atoms with Crippen LogP contribution in [-0.2, 0) is 9.53 Å². The standard InChI is InChI=1S/C9H17NO2/c1-9(2,3)8(11)12-7-4-5-10-6-7/h7,10H,4-6H2,1-3H3/t7-/m1/s1. The molecule has 0 unspecified atom stereocenters. The van der Waals surface area contributed by atoms with Crippen LogP contribution in [0.1, 0.15) is 27.2 Å². The van der Waals surface area contributed by atoms with Crippen molar-refractivity contribution in [1.82, 2.24) is 5.32 Å². The topological polar surface area (TPSA) is 38.3 Å². The van der Waals surface area contributed by atoms with Crippen molar-refractivity contribution in [2.75, 3.05) is 13.1 Å². The number of ether oxygens (including phenoxy) is 1. The summed E-state index contributed by atoms with van der Waals surface area (Å²) in [6, 6.07) is 0. The highest BCUT2D eigenvalue weighted by molar-refractivity contribution is 5.75. The normalized spacial score (nSPS) is 24.1. The van der Waals surface area contributed by atoms with Crippen molar-refractivity contribution < 1.29 is 9.53 Å². The molecule has 12 heavy (non-hydrogen) atoms. The Hall–Kier alpha value is -0.570. The lowest BCUT2D eigenvalue weighted by molar-refractivity contribution is -0.157. The van der Waals surface area contributed by atoms with Gasteiger partial charge in [0.25, 0.3) is 0 Å². The fourth-order valence-corrected chi connectivity index (χ4v) is 1.06. The Morgan fingerprint density at radius 2 is 2.17 bits per heavy atom. The van der Waals surface area contributed by atoms with Gasteiger partial charge in [0, 0.05) is 6.54 Å². The van der Waals surface area contributed by atoms with E-state index in [1.807, 2.05) is 20.8 Å². The SMILES string of the molecule is CC(C)(C)C(=O)O[C@@H]1CCNC1. The molecular formula is C9H17NO2. The van der Waals surface area contributed by atoms with Crippen LogP contribution in [0, 0.1) is 5.41 Å². The first-order valence-electron chi connectivity index (χ1n) is 4.42. The molecule has 0 saturated carbocycles. The van der Waals surface area contributed by atoms with E-state index in [0.717, 1.165) is 19.5 Å². The molecule has 1 aliphatic rings. The fourth-order valence-electron chi connectivity index (χ4n) is 1.06. The highest BCUT2D eigenvalue weighted by Crippen LogP contribution is 2.17. The fraction of sp³-hybridized carbons (Fsp3) is 0.889. The van der Waals surface area contributed by atoms with E-state index in [9.17, 15) is 4.79 Å². The van der Waals surface area contributed by atoms with E-state index in [-0.39, 0.29) is 17.5 Å². The molecule has 0 aromatic rings. The van der Waals surface area contributed by atoms with Gasteiger partial charge < -0.3 is 10.1 Å². The van der Waals surface area contributed by atoms with Crippen LogP contribution >= 0.6 is 0 Å². The van der Waals surface area contributed by atoms with Gasteiger partial charge >= 0.3 is 5.97 Å². The van der Waals surface area contributed by atoms with Crippen LogP contribution in [0.15, 0.2) is 0 Å². The molecule has 1 saturated heterocycles. The zero-order valence-electron chi connectivity index (χ0n) is 8.02. The Bertz CT molecular complexity index is 166. The minimum Gasteiger partial charge on any atom is -0.461 e. The van der Waals surface area contributed by atoms with E-state index in [1.165, 1.54) is 0 Å². The lowest BCUT2D eigenvalue weighted by Gasteiger charge is -2.19. The summed E-state index contributed by atoms with van der Waals surface area (Å²) in [6.07, 6.45) is 1.04. The quantitative estimate of drug-likeness (QED) is 0.597. The molecule has 3 nitrogen and oxygen atoms in total. The van der Waals surface area contributed by atoms with Gasteiger partial charge in [0.15, 0.2) is 0 Å². The summed E-state index contributed by atoms with van der Waals surface area (Å²) in [5.41, 5.74) is -0.372. The molecule has 1 atom stereocenters. The van der Waals surface area contributed by atoms with Gasteiger partial charge in [0.1, 0.15) is 6.10 Å². The van der Waals surface area contributed by atoms with Crippen molar-refractivity contribution in [3.05, 3.63) is 0 Å². The van der Waals surface area contributed by atoms with Gasteiger partial charge in [-0.25, -0.2) is 0 Å². The molecule has 0 radical (unpaired) electrons. The summed E-state index contributed by atoms with van der Waals surface area (Å²) in [5, 5.41) is 3.15. The summed E-state index contributed by atoms with van der Waals surface area (Å²) in [7, 11) is 0. The molecule has 0 aliphatic carbocycles. The van der Waals surface area contributed by atoms with Gasteiger partial charge in [-0.3, -0.25) is 4.79 Å². The van der Waals surface area contributed by atoms with Gasteiger partial charge in [-0.05, 0) is 33.7 Å². The van der Waals surface area contributed by atoms with Crippen molar-refractivity contribution in [3.63, 3.8) is 0 Å². The van der Waals surface area contributed by atoms with Crippen LogP contribution in [-0.4, -0.2) is 25.2 Å². The molecule has 0 bridgehead atoms. The Labute approximate surface area is 73.5 Å². The summed E-state index contributed by atoms with van der Waals surface area (Å²) >= 11 is 0. The summed E-state index contributed by atoms with van der Waals surface area (Å²) < 4.78 is 5.27. The second-order valence-corrected chi connectivity index (χ2v) is 4.27. The van der Waals surface area contributed by atoms with E-state index in [0.29, 0.717) is 0 Å². The van der Waals surface area contributed by atoms with Crippen molar-refractivity contribution in [1.29, 1.82) is 0 Å². The largest absolute Gasteiger partial charge is 0.461 e. The third-order valence-corrected chi connectivity index (χ3v) is 1.90. The maximum atomic E-state index is 11.4. The van der Waals surface area contributed by atoms with Crippen LogP contribution in [0.25, 0.3) is 0 Å². The molecule has 0 spiro atoms.